The van der Waals surface area contributed by atoms with E-state index >= 15 is 0 Å². The van der Waals surface area contributed by atoms with Gasteiger partial charge >= 0.3 is 0 Å². The van der Waals surface area contributed by atoms with Gasteiger partial charge in [-0.2, -0.15) is 0 Å². The second kappa shape index (κ2) is 13.6. The molecule has 208 valence electrons. The van der Waals surface area contributed by atoms with Gasteiger partial charge in [0, 0.05) is 25.6 Å². The van der Waals surface area contributed by atoms with Crippen molar-refractivity contribution in [3.8, 4) is 5.75 Å². The molecular weight excluding hydrogens is 509 g/mol. The summed E-state index contributed by atoms with van der Waals surface area (Å²) in [4.78, 5) is 28.1. The van der Waals surface area contributed by atoms with Gasteiger partial charge in [0.25, 0.3) is 0 Å². The molecule has 1 aliphatic rings. The molecule has 0 heterocycles. The number of nitrogens with one attached hydrogen (secondary N) is 1. The van der Waals surface area contributed by atoms with Crippen LogP contribution >= 0.6 is 0 Å². The average molecular weight is 548 g/mol. The summed E-state index contributed by atoms with van der Waals surface area (Å²) in [6, 6.07) is 11.9. The fourth-order valence-electron chi connectivity index (χ4n) is 4.69. The van der Waals surface area contributed by atoms with Crippen molar-refractivity contribution >= 4 is 27.5 Å². The number of rotatable bonds is 12. The van der Waals surface area contributed by atoms with Gasteiger partial charge in [0.15, 0.2) is 0 Å². The monoisotopic (exact) mass is 547 g/mol. The Morgan fingerprint density at radius 2 is 1.68 bits per heavy atom. The second-order valence-electron chi connectivity index (χ2n) is 9.80. The van der Waals surface area contributed by atoms with E-state index in [1.165, 1.54) is 30.7 Å². The standard InChI is InChI=1S/C28H38FN3O5S/c1-21(28(34)30-24-8-5-4-6-9-24)31(20-22-11-17-26(37-2)18-12-22)27(33)10-7-19-32(38(3,35)36)25-15-13-23(29)14-16-25/h11-18,21,24H,4-10,19-20H2,1-3H3,(H,30,34). The van der Waals surface area contributed by atoms with Gasteiger partial charge in [0.05, 0.1) is 19.1 Å². The minimum Gasteiger partial charge on any atom is -0.497 e. The first kappa shape index (κ1) is 29.4. The summed E-state index contributed by atoms with van der Waals surface area (Å²) in [5.74, 6) is -0.217. The van der Waals surface area contributed by atoms with Crippen LogP contribution in [0.2, 0.25) is 0 Å². The van der Waals surface area contributed by atoms with Crippen molar-refractivity contribution in [1.82, 2.24) is 10.2 Å². The van der Waals surface area contributed by atoms with E-state index in [2.05, 4.69) is 5.32 Å². The highest BCUT2D eigenvalue weighted by atomic mass is 32.2. The van der Waals surface area contributed by atoms with Gasteiger partial charge in [0.2, 0.25) is 21.8 Å². The largest absolute Gasteiger partial charge is 0.497 e. The van der Waals surface area contributed by atoms with Crippen molar-refractivity contribution < 1.29 is 27.1 Å². The molecule has 1 atom stereocenters. The lowest BCUT2D eigenvalue weighted by Gasteiger charge is -2.31. The third-order valence-electron chi connectivity index (χ3n) is 6.90. The number of ether oxygens (including phenoxy) is 1. The molecule has 0 radical (unpaired) electrons. The number of halogens is 1. The molecule has 3 rings (SSSR count). The first-order chi connectivity index (χ1) is 18.1. The van der Waals surface area contributed by atoms with Crippen LogP contribution in [0.3, 0.4) is 0 Å². The summed E-state index contributed by atoms with van der Waals surface area (Å²) in [5, 5.41) is 3.11. The van der Waals surface area contributed by atoms with Crippen LogP contribution in [-0.4, -0.2) is 57.1 Å². The van der Waals surface area contributed by atoms with Crippen molar-refractivity contribution in [1.29, 1.82) is 0 Å². The van der Waals surface area contributed by atoms with Crippen molar-refractivity contribution in [2.24, 2.45) is 0 Å². The molecule has 1 unspecified atom stereocenters. The summed E-state index contributed by atoms with van der Waals surface area (Å²) >= 11 is 0. The topological polar surface area (TPSA) is 96.0 Å². The Kier molecular flexibility index (Phi) is 10.5. The molecule has 2 aromatic carbocycles. The number of amides is 2. The molecule has 0 aliphatic heterocycles. The number of benzene rings is 2. The number of hydrogen-bond acceptors (Lipinski definition) is 5. The Morgan fingerprint density at radius 1 is 1.05 bits per heavy atom. The van der Waals surface area contributed by atoms with E-state index < -0.39 is 21.9 Å². The van der Waals surface area contributed by atoms with Gasteiger partial charge < -0.3 is 15.0 Å². The summed E-state index contributed by atoms with van der Waals surface area (Å²) in [7, 11) is -2.06. The number of sulfonamides is 1. The summed E-state index contributed by atoms with van der Waals surface area (Å²) in [6.07, 6.45) is 6.57. The SMILES string of the molecule is COc1ccc(CN(C(=O)CCCN(c2ccc(F)cc2)S(C)(=O)=O)C(C)C(=O)NC2CCCCC2)cc1. The van der Waals surface area contributed by atoms with Gasteiger partial charge in [-0.15, -0.1) is 0 Å². The maximum Gasteiger partial charge on any atom is 0.242 e. The zero-order valence-corrected chi connectivity index (χ0v) is 23.2. The van der Waals surface area contributed by atoms with E-state index in [0.717, 1.165) is 41.8 Å². The predicted octanol–water partition coefficient (Wildman–Crippen LogP) is 4.25. The molecule has 0 aromatic heterocycles. The van der Waals surface area contributed by atoms with Crippen LogP contribution in [0.5, 0.6) is 5.75 Å². The van der Waals surface area contributed by atoms with E-state index in [4.69, 9.17) is 4.74 Å². The number of nitrogens with zero attached hydrogens (tertiary/aromatic N) is 2. The normalized spacial score (nSPS) is 14.9. The lowest BCUT2D eigenvalue weighted by Crippen LogP contribution is -2.50. The summed E-state index contributed by atoms with van der Waals surface area (Å²) in [5.41, 5.74) is 1.18. The van der Waals surface area contributed by atoms with Gasteiger partial charge in [-0.05, 0) is 68.1 Å². The van der Waals surface area contributed by atoms with Crippen LogP contribution in [0.25, 0.3) is 0 Å². The third kappa shape index (κ3) is 8.44. The Labute approximate surface area is 225 Å². The average Bonchev–Trinajstić information content (AvgIpc) is 2.90. The molecule has 0 saturated heterocycles. The lowest BCUT2D eigenvalue weighted by atomic mass is 9.95. The van der Waals surface area contributed by atoms with Crippen LogP contribution in [0, 0.1) is 5.82 Å². The van der Waals surface area contributed by atoms with Crippen LogP contribution in [0.4, 0.5) is 10.1 Å². The van der Waals surface area contributed by atoms with Gasteiger partial charge in [0.1, 0.15) is 17.6 Å². The first-order valence-corrected chi connectivity index (χ1v) is 14.9. The molecule has 1 saturated carbocycles. The zero-order valence-electron chi connectivity index (χ0n) is 22.4. The molecule has 1 aliphatic carbocycles. The molecular formula is C28H38FN3O5S. The minimum atomic E-state index is -3.64. The number of anilines is 1. The fraction of sp³-hybridized carbons (Fsp3) is 0.500. The smallest absolute Gasteiger partial charge is 0.242 e. The quantitative estimate of drug-likeness (QED) is 0.429. The maximum absolute atomic E-state index is 13.4. The van der Waals surface area contributed by atoms with Crippen LogP contribution in [0.1, 0.15) is 57.4 Å². The third-order valence-corrected chi connectivity index (χ3v) is 8.09. The van der Waals surface area contributed by atoms with Crippen molar-refractivity contribution in [2.75, 3.05) is 24.2 Å². The molecule has 2 amide bonds. The number of methoxy groups -OCH3 is 1. The highest BCUT2D eigenvalue weighted by molar-refractivity contribution is 7.92. The second-order valence-corrected chi connectivity index (χ2v) is 11.7. The molecule has 38 heavy (non-hydrogen) atoms. The van der Waals surface area contributed by atoms with E-state index in [1.807, 2.05) is 12.1 Å². The van der Waals surface area contributed by atoms with Crippen LogP contribution in [0.15, 0.2) is 48.5 Å². The number of hydrogen-bond donors (Lipinski definition) is 1. The zero-order chi connectivity index (χ0) is 27.7. The molecule has 0 bridgehead atoms. The van der Waals surface area contributed by atoms with E-state index in [1.54, 1.807) is 31.1 Å². The molecule has 8 nitrogen and oxygen atoms in total. The molecule has 1 fully saturated rings. The number of carbonyl (C=O) groups is 2. The molecule has 10 heteroatoms. The Balaban J connectivity index is 1.71. The Morgan fingerprint density at radius 3 is 2.26 bits per heavy atom. The molecule has 1 N–H and O–H groups in total. The Bertz CT molecular complexity index is 1170. The minimum absolute atomic E-state index is 0.0460. The van der Waals surface area contributed by atoms with Gasteiger partial charge in [-0.3, -0.25) is 13.9 Å². The summed E-state index contributed by atoms with van der Waals surface area (Å²) in [6.45, 7) is 2.01. The van der Waals surface area contributed by atoms with E-state index in [0.29, 0.717) is 11.4 Å². The Hall–Kier alpha value is -3.14. The number of carbonyl (C=O) groups excluding carboxylic acids is 2. The van der Waals surface area contributed by atoms with E-state index in [-0.39, 0.29) is 43.8 Å². The summed E-state index contributed by atoms with van der Waals surface area (Å²) < 4.78 is 44.5. The predicted molar refractivity (Wildman–Crippen MR) is 146 cm³/mol. The van der Waals surface area contributed by atoms with Crippen LogP contribution in [-0.2, 0) is 26.2 Å². The highest BCUT2D eigenvalue weighted by Gasteiger charge is 2.28. The first-order valence-electron chi connectivity index (χ1n) is 13.0. The lowest BCUT2D eigenvalue weighted by molar-refractivity contribution is -0.141. The van der Waals surface area contributed by atoms with Gasteiger partial charge in [-0.25, -0.2) is 12.8 Å². The molecule has 0 spiro atoms. The maximum atomic E-state index is 13.4. The van der Waals surface area contributed by atoms with Crippen molar-refractivity contribution in [2.45, 2.75) is 70.5 Å². The highest BCUT2D eigenvalue weighted by Crippen LogP contribution is 2.21. The van der Waals surface area contributed by atoms with Crippen LogP contribution < -0.4 is 14.4 Å². The van der Waals surface area contributed by atoms with Gasteiger partial charge in [-0.1, -0.05) is 31.4 Å². The molecule has 2 aromatic rings. The van der Waals surface area contributed by atoms with E-state index in [9.17, 15) is 22.4 Å². The van der Waals surface area contributed by atoms with Crippen molar-refractivity contribution in [3.05, 3.63) is 59.9 Å². The van der Waals surface area contributed by atoms with Crippen molar-refractivity contribution in [3.63, 3.8) is 0 Å². The fourth-order valence-corrected chi connectivity index (χ4v) is 5.66.